The molecule has 0 aromatic heterocycles. The Labute approximate surface area is 109 Å². The van der Waals surface area contributed by atoms with Gasteiger partial charge < -0.3 is 15.4 Å². The first kappa shape index (κ1) is 14.4. The summed E-state index contributed by atoms with van der Waals surface area (Å²) in [5.41, 5.74) is 7.04. The molecular formula is C14H23N3O. The fourth-order valence-corrected chi connectivity index (χ4v) is 1.57. The van der Waals surface area contributed by atoms with Crippen molar-refractivity contribution in [1.29, 1.82) is 0 Å². The molecule has 0 aliphatic heterocycles. The zero-order valence-electron chi connectivity index (χ0n) is 11.7. The van der Waals surface area contributed by atoms with Crippen LogP contribution in [-0.2, 0) is 6.54 Å². The highest BCUT2D eigenvalue weighted by atomic mass is 16.5. The molecule has 0 saturated heterocycles. The summed E-state index contributed by atoms with van der Waals surface area (Å²) >= 11 is 0. The molecule has 0 heterocycles. The first-order chi connectivity index (χ1) is 8.54. The number of aliphatic imine (C=N–C) groups is 1. The number of ether oxygens (including phenoxy) is 1. The van der Waals surface area contributed by atoms with Crippen LogP contribution >= 0.6 is 0 Å². The minimum atomic E-state index is 0.517. The molecular weight excluding hydrogens is 226 g/mol. The number of guanidine groups is 1. The van der Waals surface area contributed by atoms with E-state index in [2.05, 4.69) is 18.8 Å². The summed E-state index contributed by atoms with van der Waals surface area (Å²) in [5, 5.41) is 0. The smallest absolute Gasteiger partial charge is 0.191 e. The lowest BCUT2D eigenvalue weighted by molar-refractivity contribution is 0.397. The third kappa shape index (κ3) is 4.28. The van der Waals surface area contributed by atoms with E-state index in [1.807, 2.05) is 36.2 Å². The Morgan fingerprint density at radius 3 is 2.67 bits per heavy atom. The van der Waals surface area contributed by atoms with Gasteiger partial charge in [-0.25, -0.2) is 0 Å². The molecule has 2 N–H and O–H groups in total. The highest BCUT2D eigenvalue weighted by molar-refractivity contribution is 5.77. The molecule has 0 bridgehead atoms. The summed E-state index contributed by atoms with van der Waals surface area (Å²) in [6, 6.07) is 7.93. The molecule has 0 radical (unpaired) electrons. The molecule has 18 heavy (non-hydrogen) atoms. The summed E-state index contributed by atoms with van der Waals surface area (Å²) in [6.07, 6.45) is 0. The molecule has 4 heteroatoms. The highest BCUT2D eigenvalue weighted by Gasteiger charge is 2.07. The average Bonchev–Trinajstić information content (AvgIpc) is 2.36. The van der Waals surface area contributed by atoms with Gasteiger partial charge in [-0.1, -0.05) is 32.0 Å². The summed E-state index contributed by atoms with van der Waals surface area (Å²) in [4.78, 5) is 6.29. The minimum Gasteiger partial charge on any atom is -0.496 e. The SMILES string of the molecule is COc1ccccc1CN(C)C(N)=NCC(C)C. The van der Waals surface area contributed by atoms with E-state index in [9.17, 15) is 0 Å². The van der Waals surface area contributed by atoms with Crippen LogP contribution in [0.25, 0.3) is 0 Å². The number of nitrogens with two attached hydrogens (primary N) is 1. The third-order valence-electron chi connectivity index (χ3n) is 2.61. The summed E-state index contributed by atoms with van der Waals surface area (Å²) in [6.45, 7) is 5.69. The molecule has 4 nitrogen and oxygen atoms in total. The first-order valence-corrected chi connectivity index (χ1v) is 6.17. The van der Waals surface area contributed by atoms with Crippen LogP contribution in [-0.4, -0.2) is 31.6 Å². The van der Waals surface area contributed by atoms with Crippen molar-refractivity contribution in [3.05, 3.63) is 29.8 Å². The van der Waals surface area contributed by atoms with Gasteiger partial charge in [-0.15, -0.1) is 0 Å². The maximum Gasteiger partial charge on any atom is 0.191 e. The quantitative estimate of drug-likeness (QED) is 0.642. The molecule has 0 saturated carbocycles. The number of methoxy groups -OCH3 is 1. The van der Waals surface area contributed by atoms with Crippen molar-refractivity contribution in [1.82, 2.24) is 4.90 Å². The Hall–Kier alpha value is -1.71. The van der Waals surface area contributed by atoms with Gasteiger partial charge in [-0.3, -0.25) is 4.99 Å². The molecule has 0 amide bonds. The van der Waals surface area contributed by atoms with Gasteiger partial charge in [0.15, 0.2) is 5.96 Å². The zero-order chi connectivity index (χ0) is 13.5. The second-order valence-electron chi connectivity index (χ2n) is 4.76. The molecule has 1 aromatic carbocycles. The lowest BCUT2D eigenvalue weighted by atomic mass is 10.2. The number of hydrogen-bond acceptors (Lipinski definition) is 2. The number of hydrogen-bond donors (Lipinski definition) is 1. The minimum absolute atomic E-state index is 0.517. The van der Waals surface area contributed by atoms with Gasteiger partial charge in [-0.2, -0.15) is 0 Å². The number of rotatable bonds is 5. The van der Waals surface area contributed by atoms with Crippen LogP contribution in [0.3, 0.4) is 0 Å². The van der Waals surface area contributed by atoms with E-state index >= 15 is 0 Å². The Morgan fingerprint density at radius 1 is 1.39 bits per heavy atom. The Balaban J connectivity index is 2.69. The normalized spacial score (nSPS) is 11.7. The van der Waals surface area contributed by atoms with Crippen molar-refractivity contribution in [2.24, 2.45) is 16.6 Å². The van der Waals surface area contributed by atoms with Crippen LogP contribution in [0.2, 0.25) is 0 Å². The van der Waals surface area contributed by atoms with Crippen molar-refractivity contribution in [3.63, 3.8) is 0 Å². The van der Waals surface area contributed by atoms with E-state index in [4.69, 9.17) is 10.5 Å². The van der Waals surface area contributed by atoms with Crippen molar-refractivity contribution in [3.8, 4) is 5.75 Å². The fourth-order valence-electron chi connectivity index (χ4n) is 1.57. The van der Waals surface area contributed by atoms with Crippen LogP contribution in [0.5, 0.6) is 5.75 Å². The van der Waals surface area contributed by atoms with Crippen LogP contribution in [0.15, 0.2) is 29.3 Å². The topological polar surface area (TPSA) is 50.9 Å². The standard InChI is InChI=1S/C14H23N3O/c1-11(2)9-16-14(15)17(3)10-12-7-5-6-8-13(12)18-4/h5-8,11H,9-10H2,1-4H3,(H2,15,16). The largest absolute Gasteiger partial charge is 0.496 e. The summed E-state index contributed by atoms with van der Waals surface area (Å²) in [7, 11) is 3.61. The van der Waals surface area contributed by atoms with E-state index in [1.165, 1.54) is 0 Å². The van der Waals surface area contributed by atoms with Gasteiger partial charge in [0.25, 0.3) is 0 Å². The lowest BCUT2D eigenvalue weighted by Crippen LogP contribution is -2.34. The molecule has 0 spiro atoms. The van der Waals surface area contributed by atoms with Crippen LogP contribution in [0.4, 0.5) is 0 Å². The van der Waals surface area contributed by atoms with Gasteiger partial charge in [0.1, 0.15) is 5.75 Å². The number of nitrogens with zero attached hydrogens (tertiary/aromatic N) is 2. The van der Waals surface area contributed by atoms with E-state index in [1.54, 1.807) is 7.11 Å². The molecule has 100 valence electrons. The fraction of sp³-hybridized carbons (Fsp3) is 0.500. The molecule has 0 aliphatic carbocycles. The van der Waals surface area contributed by atoms with E-state index < -0.39 is 0 Å². The second-order valence-corrected chi connectivity index (χ2v) is 4.76. The maximum atomic E-state index is 5.94. The molecule has 1 rings (SSSR count). The van der Waals surface area contributed by atoms with Gasteiger partial charge in [-0.05, 0) is 12.0 Å². The number of benzene rings is 1. The first-order valence-electron chi connectivity index (χ1n) is 6.17. The number of para-hydroxylation sites is 1. The van der Waals surface area contributed by atoms with Crippen molar-refractivity contribution in [2.75, 3.05) is 20.7 Å². The Kier molecular flexibility index (Phi) is 5.49. The average molecular weight is 249 g/mol. The van der Waals surface area contributed by atoms with Crippen LogP contribution in [0.1, 0.15) is 19.4 Å². The third-order valence-corrected chi connectivity index (χ3v) is 2.61. The second kappa shape index (κ2) is 6.89. The predicted molar refractivity (Wildman–Crippen MR) is 75.8 cm³/mol. The Morgan fingerprint density at radius 2 is 2.06 bits per heavy atom. The van der Waals surface area contributed by atoms with Gasteiger partial charge in [0.05, 0.1) is 7.11 Å². The van der Waals surface area contributed by atoms with Gasteiger partial charge >= 0.3 is 0 Å². The molecule has 0 aliphatic rings. The van der Waals surface area contributed by atoms with E-state index in [0.717, 1.165) is 17.9 Å². The lowest BCUT2D eigenvalue weighted by Gasteiger charge is -2.19. The van der Waals surface area contributed by atoms with Gasteiger partial charge in [0.2, 0.25) is 0 Å². The summed E-state index contributed by atoms with van der Waals surface area (Å²) in [5.74, 6) is 1.96. The van der Waals surface area contributed by atoms with Gasteiger partial charge in [0, 0.05) is 25.7 Å². The highest BCUT2D eigenvalue weighted by Crippen LogP contribution is 2.18. The monoisotopic (exact) mass is 249 g/mol. The molecule has 0 atom stereocenters. The predicted octanol–water partition coefficient (Wildman–Crippen LogP) is 2.10. The molecule has 1 aromatic rings. The van der Waals surface area contributed by atoms with Crippen molar-refractivity contribution >= 4 is 5.96 Å². The maximum absolute atomic E-state index is 5.94. The molecule has 0 unspecified atom stereocenters. The van der Waals surface area contributed by atoms with Crippen LogP contribution in [0, 0.1) is 5.92 Å². The Bertz CT molecular complexity index is 402. The zero-order valence-corrected chi connectivity index (χ0v) is 11.7. The van der Waals surface area contributed by atoms with E-state index in [-0.39, 0.29) is 0 Å². The van der Waals surface area contributed by atoms with Crippen molar-refractivity contribution in [2.45, 2.75) is 20.4 Å². The molecule has 0 fully saturated rings. The van der Waals surface area contributed by atoms with Crippen LogP contribution < -0.4 is 10.5 Å². The summed E-state index contributed by atoms with van der Waals surface area (Å²) < 4.78 is 5.32. The van der Waals surface area contributed by atoms with E-state index in [0.29, 0.717) is 18.4 Å². The van der Waals surface area contributed by atoms with Crippen molar-refractivity contribution < 1.29 is 4.74 Å².